The number of hydrogen-bond acceptors (Lipinski definition) is 2. The zero-order valence-corrected chi connectivity index (χ0v) is 12.8. The first-order valence-electron chi connectivity index (χ1n) is 7.34. The molecule has 0 N–H and O–H groups in total. The van der Waals surface area contributed by atoms with Crippen LogP contribution < -0.4 is 0 Å². The Balaban J connectivity index is 1.96. The first-order valence-corrected chi connectivity index (χ1v) is 7.34. The van der Waals surface area contributed by atoms with Crippen molar-refractivity contribution in [2.24, 2.45) is 0 Å². The molecule has 1 aliphatic heterocycles. The Bertz CT molecular complexity index is 575. The largest absolute Gasteiger partial charge is 0.347 e. The van der Waals surface area contributed by atoms with Gasteiger partial charge >= 0.3 is 0 Å². The van der Waals surface area contributed by atoms with Gasteiger partial charge in [-0.2, -0.15) is 0 Å². The van der Waals surface area contributed by atoms with Crippen LogP contribution in [0.25, 0.3) is 0 Å². The van der Waals surface area contributed by atoms with Gasteiger partial charge in [-0.15, -0.1) is 0 Å². The van der Waals surface area contributed by atoms with Gasteiger partial charge in [-0.05, 0) is 37.0 Å². The van der Waals surface area contributed by atoms with Crippen LogP contribution in [0, 0.1) is 11.6 Å². The Morgan fingerprint density at radius 1 is 1.27 bits per heavy atom. The Morgan fingerprint density at radius 3 is 2.64 bits per heavy atom. The average Bonchev–Trinajstić information content (AvgIpc) is 2.96. The molecule has 0 saturated carbocycles. The average molecular weight is 310 g/mol. The van der Waals surface area contributed by atoms with E-state index in [1.165, 1.54) is 11.0 Å². The number of carbonyl (C=O) groups is 2. The number of benzene rings is 1. The van der Waals surface area contributed by atoms with Crippen molar-refractivity contribution in [2.75, 3.05) is 20.6 Å². The standard InChI is InChI=1S/C16H20F2N2O2/c1-19(2)16(22)14-4-3-9-20(14)15(21)8-6-11-5-7-12(17)13(18)10-11/h5,7,10,14H,3-4,6,8-9H2,1-2H3. The molecule has 1 aliphatic rings. The van der Waals surface area contributed by atoms with E-state index in [0.29, 0.717) is 24.9 Å². The first kappa shape index (κ1) is 16.4. The molecule has 0 aliphatic carbocycles. The fourth-order valence-electron chi connectivity index (χ4n) is 2.71. The van der Waals surface area contributed by atoms with Crippen molar-refractivity contribution in [3.8, 4) is 0 Å². The summed E-state index contributed by atoms with van der Waals surface area (Å²) in [6.45, 7) is 0.570. The molecular formula is C16H20F2N2O2. The van der Waals surface area contributed by atoms with E-state index in [2.05, 4.69) is 0 Å². The van der Waals surface area contributed by atoms with Crippen LogP contribution in [-0.2, 0) is 16.0 Å². The number of amides is 2. The Morgan fingerprint density at radius 2 is 2.00 bits per heavy atom. The van der Waals surface area contributed by atoms with Gasteiger partial charge in [-0.25, -0.2) is 8.78 Å². The Labute approximate surface area is 128 Å². The summed E-state index contributed by atoms with van der Waals surface area (Å²) in [6, 6.07) is 3.24. The minimum Gasteiger partial charge on any atom is -0.347 e. The topological polar surface area (TPSA) is 40.6 Å². The highest BCUT2D eigenvalue weighted by Crippen LogP contribution is 2.20. The third-order valence-corrected chi connectivity index (χ3v) is 3.91. The molecule has 0 spiro atoms. The number of rotatable bonds is 4. The van der Waals surface area contributed by atoms with E-state index in [0.717, 1.165) is 18.6 Å². The predicted molar refractivity (Wildman–Crippen MR) is 78.1 cm³/mol. The molecule has 120 valence electrons. The summed E-state index contributed by atoms with van der Waals surface area (Å²) in [5, 5.41) is 0. The van der Waals surface area contributed by atoms with Crippen molar-refractivity contribution >= 4 is 11.8 Å². The molecule has 0 bridgehead atoms. The minimum absolute atomic E-state index is 0.0707. The van der Waals surface area contributed by atoms with E-state index < -0.39 is 17.7 Å². The van der Waals surface area contributed by atoms with Crippen LogP contribution in [0.3, 0.4) is 0 Å². The van der Waals surface area contributed by atoms with Gasteiger partial charge in [-0.3, -0.25) is 9.59 Å². The smallest absolute Gasteiger partial charge is 0.244 e. The van der Waals surface area contributed by atoms with Crippen molar-refractivity contribution in [2.45, 2.75) is 31.7 Å². The normalized spacial score (nSPS) is 17.6. The molecule has 1 unspecified atom stereocenters. The van der Waals surface area contributed by atoms with E-state index in [4.69, 9.17) is 0 Å². The molecule has 6 heteroatoms. The highest BCUT2D eigenvalue weighted by molar-refractivity contribution is 5.88. The molecule has 0 radical (unpaired) electrons. The first-order chi connectivity index (χ1) is 10.4. The molecule has 1 fully saturated rings. The number of carbonyl (C=O) groups excluding carboxylic acids is 2. The van der Waals surface area contributed by atoms with E-state index in [-0.39, 0.29) is 18.2 Å². The minimum atomic E-state index is -0.910. The fourth-order valence-corrected chi connectivity index (χ4v) is 2.71. The molecule has 1 heterocycles. The summed E-state index contributed by atoms with van der Waals surface area (Å²) in [6.07, 6.45) is 1.99. The molecule has 4 nitrogen and oxygen atoms in total. The third kappa shape index (κ3) is 3.61. The van der Waals surface area contributed by atoms with Gasteiger partial charge in [-0.1, -0.05) is 6.07 Å². The van der Waals surface area contributed by atoms with Crippen LogP contribution in [0.2, 0.25) is 0 Å². The monoisotopic (exact) mass is 310 g/mol. The highest BCUT2D eigenvalue weighted by Gasteiger charge is 2.34. The lowest BCUT2D eigenvalue weighted by atomic mass is 10.1. The van der Waals surface area contributed by atoms with E-state index >= 15 is 0 Å². The maximum absolute atomic E-state index is 13.1. The predicted octanol–water partition coefficient (Wildman–Crippen LogP) is 1.98. The van der Waals surface area contributed by atoms with Gasteiger partial charge in [0.2, 0.25) is 11.8 Å². The van der Waals surface area contributed by atoms with Crippen molar-refractivity contribution in [1.29, 1.82) is 0 Å². The van der Waals surface area contributed by atoms with Crippen LogP contribution in [0.1, 0.15) is 24.8 Å². The molecule has 2 rings (SSSR count). The fraction of sp³-hybridized carbons (Fsp3) is 0.500. The van der Waals surface area contributed by atoms with Gasteiger partial charge in [0.25, 0.3) is 0 Å². The highest BCUT2D eigenvalue weighted by atomic mass is 19.2. The lowest BCUT2D eigenvalue weighted by molar-refractivity contribution is -0.142. The third-order valence-electron chi connectivity index (χ3n) is 3.91. The zero-order valence-electron chi connectivity index (χ0n) is 12.8. The summed E-state index contributed by atoms with van der Waals surface area (Å²) >= 11 is 0. The zero-order chi connectivity index (χ0) is 16.3. The molecular weight excluding hydrogens is 290 g/mol. The second kappa shape index (κ2) is 6.85. The second-order valence-corrected chi connectivity index (χ2v) is 5.73. The van der Waals surface area contributed by atoms with E-state index in [1.807, 2.05) is 0 Å². The number of hydrogen-bond donors (Lipinski definition) is 0. The Hall–Kier alpha value is -1.98. The lowest BCUT2D eigenvalue weighted by Gasteiger charge is -2.26. The Kier molecular flexibility index (Phi) is 5.11. The second-order valence-electron chi connectivity index (χ2n) is 5.73. The summed E-state index contributed by atoms with van der Waals surface area (Å²) in [5.41, 5.74) is 0.571. The number of likely N-dealkylation sites (tertiary alicyclic amines) is 1. The molecule has 2 amide bonds. The summed E-state index contributed by atoms with van der Waals surface area (Å²) < 4.78 is 26.0. The quantitative estimate of drug-likeness (QED) is 0.853. The summed E-state index contributed by atoms with van der Waals surface area (Å²) in [5.74, 6) is -2.00. The van der Waals surface area contributed by atoms with Crippen LogP contribution in [-0.4, -0.2) is 48.3 Å². The van der Waals surface area contributed by atoms with Crippen LogP contribution in [0.5, 0.6) is 0 Å². The number of aryl methyl sites for hydroxylation is 1. The SMILES string of the molecule is CN(C)C(=O)C1CCCN1C(=O)CCc1ccc(F)c(F)c1. The maximum Gasteiger partial charge on any atom is 0.244 e. The van der Waals surface area contributed by atoms with Gasteiger partial charge in [0.1, 0.15) is 6.04 Å². The van der Waals surface area contributed by atoms with Gasteiger partial charge in [0.15, 0.2) is 11.6 Å². The summed E-state index contributed by atoms with van der Waals surface area (Å²) in [4.78, 5) is 27.4. The number of nitrogens with zero attached hydrogens (tertiary/aromatic N) is 2. The van der Waals surface area contributed by atoms with Crippen molar-refractivity contribution < 1.29 is 18.4 Å². The van der Waals surface area contributed by atoms with Crippen molar-refractivity contribution in [1.82, 2.24) is 9.80 Å². The summed E-state index contributed by atoms with van der Waals surface area (Å²) in [7, 11) is 3.34. The number of halogens is 2. The van der Waals surface area contributed by atoms with E-state index in [1.54, 1.807) is 19.0 Å². The molecule has 1 atom stereocenters. The van der Waals surface area contributed by atoms with Gasteiger partial charge in [0, 0.05) is 27.1 Å². The van der Waals surface area contributed by atoms with Crippen molar-refractivity contribution in [3.63, 3.8) is 0 Å². The molecule has 22 heavy (non-hydrogen) atoms. The van der Waals surface area contributed by atoms with Gasteiger partial charge in [0.05, 0.1) is 0 Å². The van der Waals surface area contributed by atoms with Gasteiger partial charge < -0.3 is 9.80 Å². The maximum atomic E-state index is 13.1. The molecule has 1 aromatic carbocycles. The van der Waals surface area contributed by atoms with Crippen molar-refractivity contribution in [3.05, 3.63) is 35.4 Å². The number of likely N-dealkylation sites (N-methyl/N-ethyl adjacent to an activating group) is 1. The molecule has 0 aromatic heterocycles. The van der Waals surface area contributed by atoms with Crippen LogP contribution in [0.15, 0.2) is 18.2 Å². The van der Waals surface area contributed by atoms with E-state index in [9.17, 15) is 18.4 Å². The molecule has 1 saturated heterocycles. The van der Waals surface area contributed by atoms with Crippen LogP contribution in [0.4, 0.5) is 8.78 Å². The molecule has 1 aromatic rings. The lowest BCUT2D eigenvalue weighted by Crippen LogP contribution is -2.45. The van der Waals surface area contributed by atoms with Crippen LogP contribution >= 0.6 is 0 Å².